The highest BCUT2D eigenvalue weighted by molar-refractivity contribution is 5.98. The van der Waals surface area contributed by atoms with E-state index in [2.05, 4.69) is 10.3 Å². The topological polar surface area (TPSA) is 101 Å². The Kier molecular flexibility index (Phi) is 9.14. The summed E-state index contributed by atoms with van der Waals surface area (Å²) in [6.45, 7) is 5.64. The van der Waals surface area contributed by atoms with E-state index < -0.39 is 12.1 Å². The van der Waals surface area contributed by atoms with Crippen LogP contribution in [0, 0.1) is 0 Å². The SMILES string of the molecule is CCOc1ccc(CCNC(=O)c2ccc3[nH]ccc3c2)cc1OCC.O=C(O)C(F)(F)F. The number of ether oxygens (including phenoxy) is 2. The van der Waals surface area contributed by atoms with Crippen LogP contribution >= 0.6 is 0 Å². The van der Waals surface area contributed by atoms with Crippen LogP contribution in [-0.4, -0.2) is 47.9 Å². The summed E-state index contributed by atoms with van der Waals surface area (Å²) >= 11 is 0. The number of carboxylic acids is 1. The van der Waals surface area contributed by atoms with Crippen LogP contribution in [0.5, 0.6) is 11.5 Å². The maximum absolute atomic E-state index is 12.3. The molecule has 0 aliphatic rings. The molecule has 1 amide bonds. The summed E-state index contributed by atoms with van der Waals surface area (Å²) in [5.74, 6) is -1.32. The first-order chi connectivity index (χ1) is 15.7. The number of hydrogen-bond acceptors (Lipinski definition) is 4. The van der Waals surface area contributed by atoms with E-state index in [1.54, 1.807) is 0 Å². The van der Waals surface area contributed by atoms with Crippen molar-refractivity contribution in [1.29, 1.82) is 0 Å². The molecule has 178 valence electrons. The predicted molar refractivity (Wildman–Crippen MR) is 117 cm³/mol. The molecule has 2 aromatic carbocycles. The van der Waals surface area contributed by atoms with Gasteiger partial charge in [-0.2, -0.15) is 13.2 Å². The molecule has 0 atom stereocenters. The first-order valence-corrected chi connectivity index (χ1v) is 10.2. The highest BCUT2D eigenvalue weighted by atomic mass is 19.4. The van der Waals surface area contributed by atoms with Gasteiger partial charge < -0.3 is 24.9 Å². The molecule has 3 aromatic rings. The molecule has 1 aromatic heterocycles. The van der Waals surface area contributed by atoms with E-state index in [1.807, 2.05) is 62.5 Å². The fourth-order valence-electron chi connectivity index (χ4n) is 2.87. The van der Waals surface area contributed by atoms with E-state index in [0.717, 1.165) is 34.4 Å². The average Bonchev–Trinajstić information content (AvgIpc) is 3.23. The lowest BCUT2D eigenvalue weighted by Crippen LogP contribution is -2.25. The Hall–Kier alpha value is -3.69. The zero-order valence-corrected chi connectivity index (χ0v) is 18.2. The first-order valence-electron chi connectivity index (χ1n) is 10.2. The second-order valence-electron chi connectivity index (χ2n) is 6.74. The molecule has 0 spiro atoms. The Morgan fingerprint density at radius 1 is 1.00 bits per heavy atom. The predicted octanol–water partition coefficient (Wildman–Crippen LogP) is 4.57. The molecule has 0 saturated carbocycles. The third-order valence-electron chi connectivity index (χ3n) is 4.37. The maximum Gasteiger partial charge on any atom is 0.490 e. The highest BCUT2D eigenvalue weighted by Crippen LogP contribution is 2.28. The summed E-state index contributed by atoms with van der Waals surface area (Å²) in [7, 11) is 0. The summed E-state index contributed by atoms with van der Waals surface area (Å²) in [6, 6.07) is 13.5. The molecular weight excluding hydrogens is 441 g/mol. The standard InChI is InChI=1S/C21H24N2O3.C2HF3O2/c1-3-25-19-8-5-15(13-20(19)26-4-2)9-11-23-21(24)17-6-7-18-16(14-17)10-12-22-18;3-2(4,5)1(6)7/h5-8,10,12-14,22H,3-4,9,11H2,1-2H3,(H,23,24);(H,6,7). The molecule has 0 bridgehead atoms. The molecule has 7 nitrogen and oxygen atoms in total. The smallest absolute Gasteiger partial charge is 0.490 e. The highest BCUT2D eigenvalue weighted by Gasteiger charge is 2.38. The number of amides is 1. The number of aromatic amines is 1. The minimum atomic E-state index is -5.08. The fraction of sp³-hybridized carbons (Fsp3) is 0.304. The number of benzene rings is 2. The zero-order chi connectivity index (χ0) is 24.4. The van der Waals surface area contributed by atoms with Gasteiger partial charge in [0, 0.05) is 29.2 Å². The van der Waals surface area contributed by atoms with Crippen molar-refractivity contribution in [2.75, 3.05) is 19.8 Å². The number of fused-ring (bicyclic) bond motifs is 1. The third kappa shape index (κ3) is 7.74. The summed E-state index contributed by atoms with van der Waals surface area (Å²) in [4.78, 5) is 24.4. The third-order valence-corrected chi connectivity index (χ3v) is 4.37. The summed E-state index contributed by atoms with van der Waals surface area (Å²) in [6.07, 6.45) is -2.49. The normalized spacial score (nSPS) is 10.8. The Labute approximate surface area is 188 Å². The van der Waals surface area contributed by atoms with Gasteiger partial charge in [-0.3, -0.25) is 4.79 Å². The molecule has 0 unspecified atom stereocenters. The molecule has 1 heterocycles. The van der Waals surface area contributed by atoms with Gasteiger partial charge in [0.25, 0.3) is 5.91 Å². The number of alkyl halides is 3. The lowest BCUT2D eigenvalue weighted by Gasteiger charge is -2.12. The van der Waals surface area contributed by atoms with Crippen molar-refractivity contribution in [1.82, 2.24) is 10.3 Å². The Morgan fingerprint density at radius 2 is 1.67 bits per heavy atom. The van der Waals surface area contributed by atoms with Gasteiger partial charge in [-0.1, -0.05) is 6.07 Å². The van der Waals surface area contributed by atoms with Crippen molar-refractivity contribution in [2.45, 2.75) is 26.4 Å². The monoisotopic (exact) mass is 466 g/mol. The lowest BCUT2D eigenvalue weighted by atomic mass is 10.1. The van der Waals surface area contributed by atoms with Crippen LogP contribution in [0.2, 0.25) is 0 Å². The number of nitrogens with one attached hydrogen (secondary N) is 2. The minimum Gasteiger partial charge on any atom is -0.490 e. The average molecular weight is 466 g/mol. The molecule has 3 N–H and O–H groups in total. The van der Waals surface area contributed by atoms with Crippen LogP contribution in [0.3, 0.4) is 0 Å². The van der Waals surface area contributed by atoms with E-state index in [9.17, 15) is 18.0 Å². The number of aliphatic carboxylic acids is 1. The van der Waals surface area contributed by atoms with Gasteiger partial charge in [0.1, 0.15) is 0 Å². The fourth-order valence-corrected chi connectivity index (χ4v) is 2.87. The van der Waals surface area contributed by atoms with Crippen molar-refractivity contribution in [2.24, 2.45) is 0 Å². The van der Waals surface area contributed by atoms with Crippen molar-refractivity contribution in [3.63, 3.8) is 0 Å². The molecular formula is C23H25F3N2O5. The Balaban J connectivity index is 0.000000479. The quantitative estimate of drug-likeness (QED) is 0.452. The number of carboxylic acid groups (broad SMARTS) is 1. The van der Waals surface area contributed by atoms with E-state index >= 15 is 0 Å². The molecule has 3 rings (SSSR count). The number of H-pyrrole nitrogens is 1. The number of carbonyl (C=O) groups excluding carboxylic acids is 1. The van der Waals surface area contributed by atoms with Crippen molar-refractivity contribution in [3.8, 4) is 11.5 Å². The van der Waals surface area contributed by atoms with E-state index in [-0.39, 0.29) is 5.91 Å². The van der Waals surface area contributed by atoms with Gasteiger partial charge in [0.15, 0.2) is 11.5 Å². The zero-order valence-electron chi connectivity index (χ0n) is 18.2. The number of hydrogen-bond donors (Lipinski definition) is 3. The van der Waals surface area contributed by atoms with E-state index in [1.165, 1.54) is 0 Å². The summed E-state index contributed by atoms with van der Waals surface area (Å²) in [5.41, 5.74) is 2.79. The molecule has 0 saturated heterocycles. The van der Waals surface area contributed by atoms with Crippen LogP contribution < -0.4 is 14.8 Å². The van der Waals surface area contributed by atoms with Crippen LogP contribution in [-0.2, 0) is 11.2 Å². The maximum atomic E-state index is 12.3. The number of aromatic nitrogens is 1. The van der Waals surface area contributed by atoms with Gasteiger partial charge in [-0.25, -0.2) is 4.79 Å². The van der Waals surface area contributed by atoms with E-state index in [4.69, 9.17) is 19.4 Å². The Bertz CT molecular complexity index is 1080. The van der Waals surface area contributed by atoms with Gasteiger partial charge in [-0.15, -0.1) is 0 Å². The van der Waals surface area contributed by atoms with Crippen LogP contribution in [0.1, 0.15) is 29.8 Å². The second-order valence-corrected chi connectivity index (χ2v) is 6.74. The number of rotatable bonds is 8. The largest absolute Gasteiger partial charge is 0.490 e. The van der Waals surface area contributed by atoms with Crippen LogP contribution in [0.4, 0.5) is 13.2 Å². The Morgan fingerprint density at radius 3 is 2.30 bits per heavy atom. The molecule has 0 aliphatic heterocycles. The van der Waals surface area contributed by atoms with Crippen molar-refractivity contribution >= 4 is 22.8 Å². The van der Waals surface area contributed by atoms with Gasteiger partial charge in [0.05, 0.1) is 13.2 Å². The molecule has 0 radical (unpaired) electrons. The van der Waals surface area contributed by atoms with Crippen LogP contribution in [0.25, 0.3) is 10.9 Å². The van der Waals surface area contributed by atoms with E-state index in [0.29, 0.717) is 25.3 Å². The molecule has 33 heavy (non-hydrogen) atoms. The van der Waals surface area contributed by atoms with Crippen LogP contribution in [0.15, 0.2) is 48.7 Å². The van der Waals surface area contributed by atoms with Crippen molar-refractivity contribution < 1.29 is 37.3 Å². The lowest BCUT2D eigenvalue weighted by molar-refractivity contribution is -0.192. The van der Waals surface area contributed by atoms with Gasteiger partial charge in [-0.05, 0) is 62.2 Å². The summed E-state index contributed by atoms with van der Waals surface area (Å²) < 4.78 is 43.0. The van der Waals surface area contributed by atoms with Gasteiger partial charge in [0.2, 0.25) is 0 Å². The molecule has 10 heteroatoms. The molecule has 0 aliphatic carbocycles. The summed E-state index contributed by atoms with van der Waals surface area (Å²) in [5, 5.41) is 11.1. The molecule has 0 fully saturated rings. The first kappa shape index (κ1) is 25.6. The van der Waals surface area contributed by atoms with Crippen molar-refractivity contribution in [3.05, 3.63) is 59.8 Å². The second kappa shape index (κ2) is 11.8. The minimum absolute atomic E-state index is 0.0657. The number of halogens is 3. The van der Waals surface area contributed by atoms with Gasteiger partial charge >= 0.3 is 12.1 Å². The number of carbonyl (C=O) groups is 2.